The summed E-state index contributed by atoms with van der Waals surface area (Å²) in [6.07, 6.45) is 2.52. The van der Waals surface area contributed by atoms with Crippen molar-refractivity contribution in [1.29, 1.82) is 0 Å². The van der Waals surface area contributed by atoms with E-state index in [0.29, 0.717) is 33.6 Å². The van der Waals surface area contributed by atoms with E-state index < -0.39 is 0 Å². The van der Waals surface area contributed by atoms with Crippen LogP contribution in [0.4, 0.5) is 5.13 Å². The minimum Gasteiger partial charge on any atom is -0.496 e. The molecular formula is C22H28N4O4S. The maximum absolute atomic E-state index is 12.9. The van der Waals surface area contributed by atoms with Crippen LogP contribution in [0.25, 0.3) is 10.9 Å². The second kappa shape index (κ2) is 9.15. The number of H-pyrrole nitrogens is 1. The van der Waals surface area contributed by atoms with Crippen LogP contribution in [0, 0.1) is 5.92 Å². The Labute approximate surface area is 185 Å². The van der Waals surface area contributed by atoms with Gasteiger partial charge >= 0.3 is 0 Å². The van der Waals surface area contributed by atoms with Gasteiger partial charge in [-0.2, -0.15) is 0 Å². The number of thiazole rings is 1. The van der Waals surface area contributed by atoms with Crippen LogP contribution in [0.2, 0.25) is 0 Å². The van der Waals surface area contributed by atoms with Gasteiger partial charge in [0.1, 0.15) is 11.4 Å². The molecule has 9 heteroatoms. The topological polar surface area (TPSA) is 88.7 Å². The van der Waals surface area contributed by atoms with Gasteiger partial charge in [0, 0.05) is 29.9 Å². The number of hydrogen-bond donors (Lipinski definition) is 2. The molecule has 2 N–H and O–H groups in total. The largest absolute Gasteiger partial charge is 0.496 e. The van der Waals surface area contributed by atoms with Crippen LogP contribution in [0.3, 0.4) is 0 Å². The number of fused-ring (bicyclic) bond motifs is 1. The zero-order valence-electron chi connectivity index (χ0n) is 18.3. The molecule has 4 rings (SSSR count). The van der Waals surface area contributed by atoms with E-state index in [2.05, 4.69) is 27.1 Å². The third-order valence-corrected chi connectivity index (χ3v) is 6.39. The van der Waals surface area contributed by atoms with Gasteiger partial charge in [-0.25, -0.2) is 4.98 Å². The molecule has 1 atom stereocenters. The fraction of sp³-hybridized carbons (Fsp3) is 0.455. The summed E-state index contributed by atoms with van der Waals surface area (Å²) in [5.41, 5.74) is 2.02. The molecule has 3 aromatic rings. The number of likely N-dealkylation sites (tertiary alicyclic amines) is 1. The van der Waals surface area contributed by atoms with Crippen molar-refractivity contribution in [1.82, 2.24) is 14.9 Å². The minimum absolute atomic E-state index is 0.272. The van der Waals surface area contributed by atoms with Gasteiger partial charge in [-0.05, 0) is 31.4 Å². The van der Waals surface area contributed by atoms with Crippen molar-refractivity contribution in [3.05, 3.63) is 28.9 Å². The SMILES string of the molecule is COc1cc(OC)c2cc(C(=O)Nc3nc(CN4CCCC(C)C4)cs3)[nH]c2c1OC. The lowest BCUT2D eigenvalue weighted by Crippen LogP contribution is -2.33. The van der Waals surface area contributed by atoms with Gasteiger partial charge in [0.15, 0.2) is 16.6 Å². The van der Waals surface area contributed by atoms with Crippen LogP contribution < -0.4 is 19.5 Å². The van der Waals surface area contributed by atoms with E-state index in [4.69, 9.17) is 14.2 Å². The average Bonchev–Trinajstić information content (AvgIpc) is 3.39. The molecule has 0 aliphatic carbocycles. The van der Waals surface area contributed by atoms with Crippen LogP contribution in [0.15, 0.2) is 17.5 Å². The van der Waals surface area contributed by atoms with Crippen molar-refractivity contribution in [2.45, 2.75) is 26.3 Å². The highest BCUT2D eigenvalue weighted by atomic mass is 32.1. The number of anilines is 1. The number of carbonyl (C=O) groups excluding carboxylic acids is 1. The van der Waals surface area contributed by atoms with Crippen LogP contribution >= 0.6 is 11.3 Å². The molecule has 1 aliphatic heterocycles. The Hall–Kier alpha value is -2.78. The van der Waals surface area contributed by atoms with Gasteiger partial charge in [-0.3, -0.25) is 15.0 Å². The second-order valence-electron chi connectivity index (χ2n) is 7.87. The van der Waals surface area contributed by atoms with Crippen molar-refractivity contribution in [3.8, 4) is 17.2 Å². The van der Waals surface area contributed by atoms with Crippen molar-refractivity contribution in [2.24, 2.45) is 5.92 Å². The van der Waals surface area contributed by atoms with E-state index in [1.54, 1.807) is 33.5 Å². The van der Waals surface area contributed by atoms with Gasteiger partial charge in [0.25, 0.3) is 5.91 Å². The number of nitrogens with zero attached hydrogens (tertiary/aromatic N) is 2. The summed E-state index contributed by atoms with van der Waals surface area (Å²) < 4.78 is 16.3. The van der Waals surface area contributed by atoms with E-state index >= 15 is 0 Å². The molecule has 0 bridgehead atoms. The maximum atomic E-state index is 12.9. The number of benzene rings is 1. The minimum atomic E-state index is -0.272. The maximum Gasteiger partial charge on any atom is 0.273 e. The zero-order chi connectivity index (χ0) is 22.0. The van der Waals surface area contributed by atoms with E-state index in [9.17, 15) is 4.79 Å². The van der Waals surface area contributed by atoms with E-state index in [1.807, 2.05) is 5.38 Å². The predicted molar refractivity (Wildman–Crippen MR) is 122 cm³/mol. The molecule has 3 heterocycles. The van der Waals surface area contributed by atoms with Crippen LogP contribution in [-0.2, 0) is 6.54 Å². The molecule has 31 heavy (non-hydrogen) atoms. The lowest BCUT2D eigenvalue weighted by Gasteiger charge is -2.30. The van der Waals surface area contributed by atoms with Gasteiger partial charge in [-0.15, -0.1) is 11.3 Å². The highest BCUT2D eigenvalue weighted by Gasteiger charge is 2.21. The van der Waals surface area contributed by atoms with Gasteiger partial charge in [0.05, 0.1) is 32.5 Å². The Balaban J connectivity index is 1.52. The van der Waals surface area contributed by atoms with Crippen molar-refractivity contribution in [2.75, 3.05) is 39.7 Å². The number of carbonyl (C=O) groups is 1. The Morgan fingerprint density at radius 3 is 2.77 bits per heavy atom. The average molecular weight is 445 g/mol. The number of piperidine rings is 1. The van der Waals surface area contributed by atoms with Gasteiger partial charge in [0.2, 0.25) is 0 Å². The van der Waals surface area contributed by atoms with E-state index in [0.717, 1.165) is 36.6 Å². The summed E-state index contributed by atoms with van der Waals surface area (Å²) in [4.78, 5) is 23.0. The lowest BCUT2D eigenvalue weighted by molar-refractivity contribution is 0.102. The highest BCUT2D eigenvalue weighted by molar-refractivity contribution is 7.14. The molecule has 1 aliphatic rings. The molecule has 1 amide bonds. The third-order valence-electron chi connectivity index (χ3n) is 5.58. The summed E-state index contributed by atoms with van der Waals surface area (Å²) in [6, 6.07) is 3.49. The quantitative estimate of drug-likeness (QED) is 0.570. The number of hydrogen-bond acceptors (Lipinski definition) is 7. The molecule has 1 unspecified atom stereocenters. The number of methoxy groups -OCH3 is 3. The molecule has 1 fully saturated rings. The zero-order valence-corrected chi connectivity index (χ0v) is 19.1. The Morgan fingerprint density at radius 2 is 2.06 bits per heavy atom. The standard InChI is InChI=1S/C22H28N4O4S/c1-13-6-5-7-26(10-13)11-14-12-31-22(23-14)25-21(27)16-8-15-17(28-2)9-18(29-3)20(30-4)19(15)24-16/h8-9,12-13,24H,5-7,10-11H2,1-4H3,(H,23,25,27). The first-order chi connectivity index (χ1) is 15.0. The van der Waals surface area contributed by atoms with Crippen molar-refractivity contribution in [3.63, 3.8) is 0 Å². The monoisotopic (exact) mass is 444 g/mol. The van der Waals surface area contributed by atoms with Crippen molar-refractivity contribution < 1.29 is 19.0 Å². The Kier molecular flexibility index (Phi) is 6.33. The Morgan fingerprint density at radius 1 is 1.26 bits per heavy atom. The van der Waals surface area contributed by atoms with Crippen LogP contribution in [0.1, 0.15) is 35.9 Å². The first-order valence-electron chi connectivity index (χ1n) is 10.3. The van der Waals surface area contributed by atoms with Gasteiger partial charge in [-0.1, -0.05) is 6.92 Å². The molecule has 8 nitrogen and oxygen atoms in total. The smallest absolute Gasteiger partial charge is 0.273 e. The summed E-state index contributed by atoms with van der Waals surface area (Å²) in [5.74, 6) is 2.09. The number of rotatable bonds is 7. The number of ether oxygens (including phenoxy) is 3. The number of nitrogens with one attached hydrogen (secondary N) is 2. The van der Waals surface area contributed by atoms with E-state index in [1.165, 1.54) is 24.2 Å². The molecule has 2 aromatic heterocycles. The molecule has 166 valence electrons. The second-order valence-corrected chi connectivity index (χ2v) is 8.72. The first kappa shape index (κ1) is 21.5. The van der Waals surface area contributed by atoms with Crippen LogP contribution in [0.5, 0.6) is 17.2 Å². The summed E-state index contributed by atoms with van der Waals surface area (Å²) in [6.45, 7) is 5.31. The molecule has 1 saturated heterocycles. The molecular weight excluding hydrogens is 416 g/mol. The van der Waals surface area contributed by atoms with E-state index in [-0.39, 0.29) is 5.91 Å². The highest BCUT2D eigenvalue weighted by Crippen LogP contribution is 2.41. The third kappa shape index (κ3) is 4.47. The molecule has 0 radical (unpaired) electrons. The van der Waals surface area contributed by atoms with Crippen molar-refractivity contribution >= 4 is 33.3 Å². The number of aromatic nitrogens is 2. The lowest BCUT2D eigenvalue weighted by atomic mass is 10.0. The normalized spacial score (nSPS) is 17.0. The first-order valence-corrected chi connectivity index (χ1v) is 11.2. The molecule has 1 aromatic carbocycles. The molecule has 0 saturated carbocycles. The molecule has 0 spiro atoms. The van der Waals surface area contributed by atoms with Crippen LogP contribution in [-0.4, -0.2) is 55.2 Å². The summed E-state index contributed by atoms with van der Waals surface area (Å²) >= 11 is 1.44. The predicted octanol–water partition coefficient (Wildman–Crippen LogP) is 4.13. The van der Waals surface area contributed by atoms with Gasteiger partial charge < -0.3 is 19.2 Å². The Bertz CT molecular complexity index is 1080. The number of amides is 1. The summed E-state index contributed by atoms with van der Waals surface area (Å²) in [7, 11) is 4.70. The summed E-state index contributed by atoms with van der Waals surface area (Å²) in [5, 5.41) is 6.23. The fourth-order valence-corrected chi connectivity index (χ4v) is 4.82. The number of aromatic amines is 1. The fourth-order valence-electron chi connectivity index (χ4n) is 4.12.